The van der Waals surface area contributed by atoms with Crippen LogP contribution >= 0.6 is 11.6 Å². The maximum absolute atomic E-state index is 5.96. The van der Waals surface area contributed by atoms with Crippen LogP contribution in [0.25, 0.3) is 0 Å². The van der Waals surface area contributed by atoms with Crippen LogP contribution in [0.15, 0.2) is 12.1 Å². The Morgan fingerprint density at radius 2 is 1.69 bits per heavy atom. The zero-order valence-corrected chi connectivity index (χ0v) is 9.20. The molecule has 1 N–H and O–H groups in total. The molecule has 1 aromatic rings. The maximum atomic E-state index is 5.96. The number of aryl methyl sites for hydroxylation is 1. The molecular weight excluding hydrogens is 182 g/mol. The molecule has 1 nitrogen and oxygen atoms in total. The Bertz CT molecular complexity index is 265. The highest BCUT2D eigenvalue weighted by Crippen LogP contribution is 2.23. The summed E-state index contributed by atoms with van der Waals surface area (Å²) in [6.45, 7) is 8.00. The number of hydrogen-bond acceptors (Lipinski definition) is 1. The van der Waals surface area contributed by atoms with Crippen molar-refractivity contribution in [2.24, 2.45) is 0 Å². The summed E-state index contributed by atoms with van der Waals surface area (Å²) < 4.78 is 0. The zero-order chi connectivity index (χ0) is 9.84. The van der Waals surface area contributed by atoms with Crippen LogP contribution in [0.1, 0.15) is 30.5 Å². The minimum absolute atomic E-state index is 0.882. The molecular formula is C11H16ClN. The van der Waals surface area contributed by atoms with Gasteiger partial charge in [0, 0.05) is 18.1 Å². The van der Waals surface area contributed by atoms with Gasteiger partial charge in [-0.2, -0.15) is 0 Å². The van der Waals surface area contributed by atoms with Crippen molar-refractivity contribution < 1.29 is 0 Å². The first-order valence-corrected chi connectivity index (χ1v) is 5.14. The minimum atomic E-state index is 0.882. The van der Waals surface area contributed by atoms with Crippen molar-refractivity contribution in [1.82, 2.24) is 5.32 Å². The second-order valence-corrected chi connectivity index (χ2v) is 3.38. The van der Waals surface area contributed by atoms with Crippen LogP contribution in [-0.4, -0.2) is 0 Å². The normalized spacial score (nSPS) is 13.2. The first-order chi connectivity index (χ1) is 6.27. The summed E-state index contributed by atoms with van der Waals surface area (Å²) in [7, 11) is 0. The Morgan fingerprint density at radius 3 is 2.31 bits per heavy atom. The molecule has 2 rings (SSSR count). The van der Waals surface area contributed by atoms with E-state index in [-0.39, 0.29) is 0 Å². The van der Waals surface area contributed by atoms with Gasteiger partial charge in [-0.05, 0) is 29.7 Å². The highest BCUT2D eigenvalue weighted by molar-refractivity contribution is 6.31. The Hall–Kier alpha value is -0.530. The fourth-order valence-electron chi connectivity index (χ4n) is 1.44. The Labute approximate surface area is 85.1 Å². The number of fused-ring (bicyclic) bond motifs is 1. The zero-order valence-electron chi connectivity index (χ0n) is 8.45. The average molecular weight is 198 g/mol. The predicted octanol–water partition coefficient (Wildman–Crippen LogP) is 3.28. The van der Waals surface area contributed by atoms with Gasteiger partial charge in [0.25, 0.3) is 0 Å². The van der Waals surface area contributed by atoms with Crippen LogP contribution < -0.4 is 5.32 Å². The standard InChI is InChI=1S/C9H10ClN.C2H6/c1-6-2-7-4-11-5-8(7)3-9(6)10;1-2/h2-3,11H,4-5H2,1H3;1-2H3. The number of nitrogens with one attached hydrogen (secondary N) is 1. The summed E-state index contributed by atoms with van der Waals surface area (Å²) >= 11 is 5.96. The highest BCUT2D eigenvalue weighted by Gasteiger charge is 2.10. The molecule has 0 saturated heterocycles. The van der Waals surface area contributed by atoms with Crippen LogP contribution in [0.5, 0.6) is 0 Å². The molecule has 13 heavy (non-hydrogen) atoms. The van der Waals surface area contributed by atoms with Crippen molar-refractivity contribution in [2.75, 3.05) is 0 Å². The molecule has 2 heteroatoms. The van der Waals surface area contributed by atoms with E-state index < -0.39 is 0 Å². The van der Waals surface area contributed by atoms with E-state index in [9.17, 15) is 0 Å². The predicted molar refractivity (Wildman–Crippen MR) is 58.1 cm³/mol. The smallest absolute Gasteiger partial charge is 0.0438 e. The molecule has 1 aromatic carbocycles. The molecule has 0 fully saturated rings. The van der Waals surface area contributed by atoms with Crippen LogP contribution in [0.2, 0.25) is 5.02 Å². The number of rotatable bonds is 0. The van der Waals surface area contributed by atoms with E-state index in [1.165, 1.54) is 16.7 Å². The first-order valence-electron chi connectivity index (χ1n) is 4.76. The number of benzene rings is 1. The summed E-state index contributed by atoms with van der Waals surface area (Å²) in [5.74, 6) is 0. The van der Waals surface area contributed by atoms with Gasteiger partial charge >= 0.3 is 0 Å². The Morgan fingerprint density at radius 1 is 1.15 bits per heavy atom. The lowest BCUT2D eigenvalue weighted by molar-refractivity contribution is 0.765. The summed E-state index contributed by atoms with van der Waals surface area (Å²) in [6.07, 6.45) is 0. The molecule has 0 saturated carbocycles. The third kappa shape index (κ3) is 2.23. The van der Waals surface area contributed by atoms with E-state index in [4.69, 9.17) is 11.6 Å². The SMILES string of the molecule is CC.Cc1cc2c(cc1Cl)CNC2. The second-order valence-electron chi connectivity index (χ2n) is 2.97. The quantitative estimate of drug-likeness (QED) is 0.673. The molecule has 0 atom stereocenters. The molecule has 0 bridgehead atoms. The molecule has 1 aliphatic rings. The Balaban J connectivity index is 0.000000396. The van der Waals surface area contributed by atoms with Crippen LogP contribution in [0.3, 0.4) is 0 Å². The molecule has 0 amide bonds. The van der Waals surface area contributed by atoms with Crippen molar-refractivity contribution in [2.45, 2.75) is 33.9 Å². The van der Waals surface area contributed by atoms with Gasteiger partial charge in [0.2, 0.25) is 0 Å². The van der Waals surface area contributed by atoms with Gasteiger partial charge in [-0.15, -0.1) is 0 Å². The molecule has 0 radical (unpaired) electrons. The van der Waals surface area contributed by atoms with Gasteiger partial charge in [0.05, 0.1) is 0 Å². The first kappa shape index (κ1) is 10.6. The van der Waals surface area contributed by atoms with Crippen molar-refractivity contribution >= 4 is 11.6 Å². The van der Waals surface area contributed by atoms with E-state index in [0.717, 1.165) is 18.1 Å². The van der Waals surface area contributed by atoms with Crippen LogP contribution in [-0.2, 0) is 13.1 Å². The molecule has 72 valence electrons. The third-order valence-electron chi connectivity index (χ3n) is 2.11. The average Bonchev–Trinajstić information content (AvgIpc) is 2.56. The van der Waals surface area contributed by atoms with Crippen molar-refractivity contribution in [1.29, 1.82) is 0 Å². The lowest BCUT2D eigenvalue weighted by Crippen LogP contribution is -1.99. The molecule has 0 unspecified atom stereocenters. The Kier molecular flexibility index (Phi) is 3.76. The van der Waals surface area contributed by atoms with Crippen LogP contribution in [0, 0.1) is 6.92 Å². The van der Waals surface area contributed by atoms with E-state index in [0.29, 0.717) is 0 Å². The van der Waals surface area contributed by atoms with E-state index in [1.54, 1.807) is 0 Å². The molecule has 1 aliphatic heterocycles. The second kappa shape index (κ2) is 4.64. The lowest BCUT2D eigenvalue weighted by atomic mass is 10.1. The fourth-order valence-corrected chi connectivity index (χ4v) is 1.63. The van der Waals surface area contributed by atoms with Gasteiger partial charge in [0.1, 0.15) is 0 Å². The van der Waals surface area contributed by atoms with Gasteiger partial charge in [-0.25, -0.2) is 0 Å². The lowest BCUT2D eigenvalue weighted by Gasteiger charge is -2.01. The monoisotopic (exact) mass is 197 g/mol. The van der Waals surface area contributed by atoms with Gasteiger partial charge in [-0.1, -0.05) is 31.5 Å². The summed E-state index contributed by atoms with van der Waals surface area (Å²) in [5, 5.41) is 4.17. The van der Waals surface area contributed by atoms with E-state index in [1.807, 2.05) is 20.8 Å². The van der Waals surface area contributed by atoms with Crippen molar-refractivity contribution in [3.63, 3.8) is 0 Å². The maximum Gasteiger partial charge on any atom is 0.0438 e. The number of halogens is 1. The number of hydrogen-bond donors (Lipinski definition) is 1. The summed E-state index contributed by atoms with van der Waals surface area (Å²) in [4.78, 5) is 0. The van der Waals surface area contributed by atoms with Gasteiger partial charge in [0.15, 0.2) is 0 Å². The van der Waals surface area contributed by atoms with Crippen molar-refractivity contribution in [3.8, 4) is 0 Å². The summed E-state index contributed by atoms with van der Waals surface area (Å²) in [5.41, 5.74) is 3.92. The largest absolute Gasteiger partial charge is 0.309 e. The van der Waals surface area contributed by atoms with Crippen LogP contribution in [0.4, 0.5) is 0 Å². The van der Waals surface area contributed by atoms with Gasteiger partial charge < -0.3 is 5.32 Å². The molecule has 1 heterocycles. The molecule has 0 spiro atoms. The summed E-state index contributed by atoms with van der Waals surface area (Å²) in [6, 6.07) is 4.23. The molecule has 0 aliphatic carbocycles. The van der Waals surface area contributed by atoms with E-state index in [2.05, 4.69) is 17.4 Å². The van der Waals surface area contributed by atoms with E-state index >= 15 is 0 Å². The topological polar surface area (TPSA) is 12.0 Å². The van der Waals surface area contributed by atoms with Crippen molar-refractivity contribution in [3.05, 3.63) is 33.8 Å². The minimum Gasteiger partial charge on any atom is -0.309 e. The third-order valence-corrected chi connectivity index (χ3v) is 2.52. The fraction of sp³-hybridized carbons (Fsp3) is 0.455. The van der Waals surface area contributed by atoms with Gasteiger partial charge in [-0.3, -0.25) is 0 Å². The highest BCUT2D eigenvalue weighted by atomic mass is 35.5. The molecule has 0 aromatic heterocycles.